The number of aliphatic hydroxyl groups is 2. The zero-order valence-electron chi connectivity index (χ0n) is 18.0. The fraction of sp³-hybridized carbons (Fsp3) is 0.696. The van der Waals surface area contributed by atoms with Gasteiger partial charge in [-0.2, -0.15) is 0 Å². The maximum Gasteiger partial charge on any atom is 0.308 e. The van der Waals surface area contributed by atoms with Crippen molar-refractivity contribution in [3.05, 3.63) is 23.8 Å². The van der Waals surface area contributed by atoms with Crippen molar-refractivity contribution in [1.29, 1.82) is 0 Å². The zero-order valence-corrected chi connectivity index (χ0v) is 18.0. The van der Waals surface area contributed by atoms with Gasteiger partial charge in [-0.25, -0.2) is 0 Å². The number of rotatable bonds is 4. The summed E-state index contributed by atoms with van der Waals surface area (Å²) in [6.07, 6.45) is 6.27. The Bertz CT molecular complexity index is 608. The lowest BCUT2D eigenvalue weighted by Crippen LogP contribution is -2.31. The third-order valence-corrected chi connectivity index (χ3v) is 5.70. The molecule has 0 unspecified atom stereocenters. The molecule has 0 fully saturated rings. The molecule has 6 nitrogen and oxygen atoms in total. The van der Waals surface area contributed by atoms with Crippen LogP contribution < -0.4 is 0 Å². The maximum absolute atomic E-state index is 12.5. The molecule has 0 aliphatic carbocycles. The number of hydrogen-bond donors (Lipinski definition) is 2. The van der Waals surface area contributed by atoms with Crippen molar-refractivity contribution in [1.82, 2.24) is 0 Å². The van der Waals surface area contributed by atoms with Crippen LogP contribution in [0.5, 0.6) is 0 Å². The number of hydrogen-bond acceptors (Lipinski definition) is 6. The lowest BCUT2D eigenvalue weighted by atomic mass is 9.82. The molecule has 164 valence electrons. The van der Waals surface area contributed by atoms with Gasteiger partial charge in [-0.1, -0.05) is 38.5 Å². The van der Waals surface area contributed by atoms with E-state index in [4.69, 9.17) is 4.74 Å². The molecule has 29 heavy (non-hydrogen) atoms. The molecule has 6 atom stereocenters. The summed E-state index contributed by atoms with van der Waals surface area (Å²) in [5.41, 5.74) is 0.796. The molecule has 1 aliphatic heterocycles. The number of carbonyl (C=O) groups excluding carboxylic acids is 3. The molecule has 0 bridgehead atoms. The minimum atomic E-state index is -0.891. The van der Waals surface area contributed by atoms with Crippen LogP contribution in [0.1, 0.15) is 59.8 Å². The summed E-state index contributed by atoms with van der Waals surface area (Å²) >= 11 is 0. The average molecular weight is 409 g/mol. The number of ketones is 1. The van der Waals surface area contributed by atoms with E-state index in [1.54, 1.807) is 12.2 Å². The normalized spacial score (nSPS) is 36.0. The summed E-state index contributed by atoms with van der Waals surface area (Å²) in [5, 5.41) is 20.2. The molecule has 2 N–H and O–H groups in total. The standard InChI is InChI=1S/C23H36O6/c1-5-22-19(14-25)10-15(2)6-7-20(26)16(3)11-18(8-9-24)12-17(4)21(27)13-23(28)29-22/h6-7,9-10,16-19,21-22,25,27H,5,8,11-14H2,1-4H3/b7-6+,15-10+/t16-,17-,18+,19-,21-,22-/m1/s1. The first-order chi connectivity index (χ1) is 13.7. The van der Waals surface area contributed by atoms with E-state index < -0.39 is 18.2 Å². The summed E-state index contributed by atoms with van der Waals surface area (Å²) < 4.78 is 5.53. The fourth-order valence-electron chi connectivity index (χ4n) is 3.83. The molecule has 1 aliphatic rings. The molecular formula is C23H36O6. The van der Waals surface area contributed by atoms with Crippen molar-refractivity contribution < 1.29 is 29.3 Å². The van der Waals surface area contributed by atoms with Crippen LogP contribution in [0.2, 0.25) is 0 Å². The molecule has 0 spiro atoms. The summed E-state index contributed by atoms with van der Waals surface area (Å²) in [6.45, 7) is 7.19. The summed E-state index contributed by atoms with van der Waals surface area (Å²) in [4.78, 5) is 35.9. The van der Waals surface area contributed by atoms with Crippen LogP contribution in [-0.2, 0) is 19.1 Å². The first-order valence-corrected chi connectivity index (χ1v) is 10.5. The van der Waals surface area contributed by atoms with E-state index in [-0.39, 0.29) is 42.5 Å². The highest BCUT2D eigenvalue weighted by atomic mass is 16.5. The third kappa shape index (κ3) is 8.62. The first kappa shape index (κ1) is 25.2. The van der Waals surface area contributed by atoms with Gasteiger partial charge in [0.1, 0.15) is 12.4 Å². The van der Waals surface area contributed by atoms with Gasteiger partial charge in [0, 0.05) is 18.3 Å². The number of ether oxygens (including phenoxy) is 1. The second kappa shape index (κ2) is 12.7. The quantitative estimate of drug-likeness (QED) is 0.548. The Labute approximate surface area is 174 Å². The highest BCUT2D eigenvalue weighted by molar-refractivity contribution is 5.91. The van der Waals surface area contributed by atoms with Gasteiger partial charge in [0.05, 0.1) is 19.1 Å². The number of carbonyl (C=O) groups is 3. The van der Waals surface area contributed by atoms with Gasteiger partial charge in [-0.05, 0) is 44.1 Å². The maximum atomic E-state index is 12.5. The zero-order chi connectivity index (χ0) is 22.0. The van der Waals surface area contributed by atoms with Crippen molar-refractivity contribution in [3.8, 4) is 0 Å². The van der Waals surface area contributed by atoms with Gasteiger partial charge >= 0.3 is 5.97 Å². The average Bonchev–Trinajstić information content (AvgIpc) is 2.67. The van der Waals surface area contributed by atoms with E-state index in [2.05, 4.69) is 0 Å². The van der Waals surface area contributed by atoms with E-state index >= 15 is 0 Å². The van der Waals surface area contributed by atoms with Gasteiger partial charge in [-0.15, -0.1) is 0 Å². The monoisotopic (exact) mass is 408 g/mol. The summed E-state index contributed by atoms with van der Waals surface area (Å²) in [7, 11) is 0. The van der Waals surface area contributed by atoms with Crippen LogP contribution in [0, 0.1) is 23.7 Å². The van der Waals surface area contributed by atoms with Crippen LogP contribution in [0.4, 0.5) is 0 Å². The van der Waals surface area contributed by atoms with Crippen molar-refractivity contribution in [2.75, 3.05) is 6.61 Å². The molecule has 0 aromatic carbocycles. The molecule has 1 rings (SSSR count). The fourth-order valence-corrected chi connectivity index (χ4v) is 3.83. The molecule has 0 radical (unpaired) electrons. The lowest BCUT2D eigenvalue weighted by Gasteiger charge is -2.26. The lowest BCUT2D eigenvalue weighted by molar-refractivity contribution is -0.154. The van der Waals surface area contributed by atoms with Gasteiger partial charge < -0.3 is 19.7 Å². The molecule has 1 heterocycles. The van der Waals surface area contributed by atoms with Crippen LogP contribution in [0.25, 0.3) is 0 Å². The predicted molar refractivity (Wildman–Crippen MR) is 111 cm³/mol. The van der Waals surface area contributed by atoms with E-state index in [1.807, 2.05) is 27.7 Å². The van der Waals surface area contributed by atoms with Gasteiger partial charge in [0.2, 0.25) is 0 Å². The van der Waals surface area contributed by atoms with Crippen molar-refractivity contribution in [2.24, 2.45) is 23.7 Å². The topological polar surface area (TPSA) is 101 Å². The first-order valence-electron chi connectivity index (χ1n) is 10.5. The molecule has 0 saturated heterocycles. The van der Waals surface area contributed by atoms with Crippen molar-refractivity contribution >= 4 is 18.0 Å². The molecular weight excluding hydrogens is 372 g/mol. The Kier molecular flexibility index (Phi) is 11.1. The molecule has 0 aromatic rings. The van der Waals surface area contributed by atoms with E-state index in [9.17, 15) is 24.6 Å². The second-order valence-electron chi connectivity index (χ2n) is 8.32. The number of allylic oxidation sites excluding steroid dienone is 3. The molecule has 0 aromatic heterocycles. The molecule has 6 heteroatoms. The number of aliphatic hydroxyl groups excluding tert-OH is 2. The van der Waals surface area contributed by atoms with Gasteiger partial charge in [0.15, 0.2) is 5.78 Å². The SMILES string of the molecule is CC[C@H]1OC(=O)C[C@@H](O)[C@H](C)C[C@@H](CC=O)C[C@@H](C)C(=O)/C=C/C(C)=C/[C@@H]1CO. The molecule has 0 saturated carbocycles. The van der Waals surface area contributed by atoms with Crippen LogP contribution in [-0.4, -0.2) is 47.1 Å². The van der Waals surface area contributed by atoms with E-state index in [0.29, 0.717) is 25.7 Å². The minimum absolute atomic E-state index is 0.0204. The number of aldehydes is 1. The Morgan fingerprint density at radius 3 is 2.48 bits per heavy atom. The van der Waals surface area contributed by atoms with E-state index in [1.165, 1.54) is 6.08 Å². The predicted octanol–water partition coefficient (Wildman–Crippen LogP) is 3.01. The van der Waals surface area contributed by atoms with Gasteiger partial charge in [0.25, 0.3) is 0 Å². The largest absolute Gasteiger partial charge is 0.462 e. The Morgan fingerprint density at radius 1 is 1.21 bits per heavy atom. The summed E-state index contributed by atoms with van der Waals surface area (Å²) in [6, 6.07) is 0. The third-order valence-electron chi connectivity index (χ3n) is 5.70. The van der Waals surface area contributed by atoms with Crippen LogP contribution >= 0.6 is 0 Å². The Balaban J connectivity index is 3.17. The van der Waals surface area contributed by atoms with E-state index in [0.717, 1.165) is 11.9 Å². The van der Waals surface area contributed by atoms with Crippen molar-refractivity contribution in [3.63, 3.8) is 0 Å². The highest BCUT2D eigenvalue weighted by Crippen LogP contribution is 2.27. The van der Waals surface area contributed by atoms with Crippen LogP contribution in [0.3, 0.4) is 0 Å². The Morgan fingerprint density at radius 2 is 1.90 bits per heavy atom. The van der Waals surface area contributed by atoms with Crippen LogP contribution in [0.15, 0.2) is 23.8 Å². The molecule has 0 amide bonds. The smallest absolute Gasteiger partial charge is 0.308 e. The second-order valence-corrected chi connectivity index (χ2v) is 8.32. The Hall–Kier alpha value is -1.79. The van der Waals surface area contributed by atoms with Crippen molar-refractivity contribution in [2.45, 2.75) is 72.0 Å². The number of cyclic esters (lactones) is 1. The van der Waals surface area contributed by atoms with Gasteiger partial charge in [-0.3, -0.25) is 9.59 Å². The minimum Gasteiger partial charge on any atom is -0.462 e. The summed E-state index contributed by atoms with van der Waals surface area (Å²) in [5.74, 6) is -1.41. The highest BCUT2D eigenvalue weighted by Gasteiger charge is 2.27. The number of esters is 1.